The number of aliphatic hydroxyl groups is 1. The predicted molar refractivity (Wildman–Crippen MR) is 78.4 cm³/mol. The summed E-state index contributed by atoms with van der Waals surface area (Å²) in [6, 6.07) is 18.4. The lowest BCUT2D eigenvalue weighted by molar-refractivity contribution is 0.281. The average molecular weight is 251 g/mol. The molecule has 0 aliphatic rings. The van der Waals surface area contributed by atoms with Crippen molar-refractivity contribution in [1.29, 1.82) is 0 Å². The Balaban J connectivity index is 2.19. The summed E-state index contributed by atoms with van der Waals surface area (Å²) in [4.78, 5) is 3.40. The van der Waals surface area contributed by atoms with Crippen LogP contribution in [-0.2, 0) is 0 Å². The fourth-order valence-corrected chi connectivity index (χ4v) is 2.80. The number of hydrogen-bond donors (Lipinski definition) is 2. The van der Waals surface area contributed by atoms with Gasteiger partial charge in [-0.3, -0.25) is 0 Å². The lowest BCUT2D eigenvalue weighted by Gasteiger charge is -2.15. The monoisotopic (exact) mass is 251 g/mol. The zero-order chi connectivity index (χ0) is 13.2. The molecule has 0 bridgehead atoms. The molecule has 0 aliphatic heterocycles. The Hall–Kier alpha value is -2.06. The fraction of sp³-hybridized carbons (Fsp3) is 0.176. The molecule has 96 valence electrons. The number of para-hydroxylation sites is 1. The van der Waals surface area contributed by atoms with Crippen molar-refractivity contribution in [3.63, 3.8) is 0 Å². The van der Waals surface area contributed by atoms with E-state index in [1.807, 2.05) is 30.3 Å². The van der Waals surface area contributed by atoms with E-state index in [1.54, 1.807) is 0 Å². The number of fused-ring (bicyclic) bond motifs is 1. The molecular formula is C17H17NO. The molecular weight excluding hydrogens is 234 g/mol. The summed E-state index contributed by atoms with van der Waals surface area (Å²) >= 11 is 0. The van der Waals surface area contributed by atoms with Crippen LogP contribution >= 0.6 is 0 Å². The van der Waals surface area contributed by atoms with Crippen molar-refractivity contribution in [2.24, 2.45) is 0 Å². The molecule has 2 aromatic carbocycles. The van der Waals surface area contributed by atoms with E-state index in [-0.39, 0.29) is 12.5 Å². The van der Waals surface area contributed by atoms with Crippen molar-refractivity contribution in [3.8, 4) is 0 Å². The molecule has 1 heterocycles. The molecule has 19 heavy (non-hydrogen) atoms. The molecule has 0 saturated heterocycles. The number of aromatic nitrogens is 1. The van der Waals surface area contributed by atoms with Crippen LogP contribution in [0, 0.1) is 6.92 Å². The van der Waals surface area contributed by atoms with Crippen LogP contribution in [-0.4, -0.2) is 16.7 Å². The number of nitrogens with one attached hydrogen (secondary N) is 1. The smallest absolute Gasteiger partial charge is 0.0541 e. The second-order valence-electron chi connectivity index (χ2n) is 4.86. The number of rotatable bonds is 3. The summed E-state index contributed by atoms with van der Waals surface area (Å²) in [5.74, 6) is 0.0253. The summed E-state index contributed by atoms with van der Waals surface area (Å²) in [6.45, 7) is 2.19. The summed E-state index contributed by atoms with van der Waals surface area (Å²) in [6.07, 6.45) is 0. The molecule has 2 nitrogen and oxygen atoms in total. The fourth-order valence-electron chi connectivity index (χ4n) is 2.80. The van der Waals surface area contributed by atoms with Gasteiger partial charge in [-0.05, 0) is 24.1 Å². The molecule has 0 fully saturated rings. The Labute approximate surface area is 112 Å². The van der Waals surface area contributed by atoms with Gasteiger partial charge in [0, 0.05) is 22.5 Å². The first-order valence-electron chi connectivity index (χ1n) is 6.54. The molecule has 1 atom stereocenters. The number of hydrogen-bond acceptors (Lipinski definition) is 1. The Morgan fingerprint density at radius 2 is 1.68 bits per heavy atom. The van der Waals surface area contributed by atoms with Crippen molar-refractivity contribution in [2.75, 3.05) is 6.61 Å². The minimum atomic E-state index is 0.0253. The highest BCUT2D eigenvalue weighted by Crippen LogP contribution is 2.33. The normalized spacial score (nSPS) is 12.7. The van der Waals surface area contributed by atoms with Gasteiger partial charge in [0.25, 0.3) is 0 Å². The van der Waals surface area contributed by atoms with Crippen molar-refractivity contribution in [3.05, 3.63) is 71.4 Å². The van der Waals surface area contributed by atoms with Crippen LogP contribution in [0.2, 0.25) is 0 Å². The zero-order valence-corrected chi connectivity index (χ0v) is 10.9. The first kappa shape index (κ1) is 12.0. The highest BCUT2D eigenvalue weighted by molar-refractivity contribution is 5.85. The van der Waals surface area contributed by atoms with Crippen LogP contribution in [0.4, 0.5) is 0 Å². The van der Waals surface area contributed by atoms with Crippen LogP contribution in [0.1, 0.15) is 22.7 Å². The third-order valence-electron chi connectivity index (χ3n) is 3.68. The van der Waals surface area contributed by atoms with E-state index in [1.165, 1.54) is 10.9 Å². The van der Waals surface area contributed by atoms with E-state index in [0.717, 1.165) is 16.8 Å². The first-order valence-corrected chi connectivity index (χ1v) is 6.54. The molecule has 0 amide bonds. The highest BCUT2D eigenvalue weighted by atomic mass is 16.3. The largest absolute Gasteiger partial charge is 0.395 e. The lowest BCUT2D eigenvalue weighted by atomic mass is 9.90. The SMILES string of the molecule is Cc1[nH]c2ccccc2c1[C@H](CO)c1ccccc1. The van der Waals surface area contributed by atoms with E-state index >= 15 is 0 Å². The maximum absolute atomic E-state index is 9.82. The van der Waals surface area contributed by atoms with Gasteiger partial charge in [-0.15, -0.1) is 0 Å². The maximum Gasteiger partial charge on any atom is 0.0541 e. The van der Waals surface area contributed by atoms with Gasteiger partial charge in [0.1, 0.15) is 0 Å². The van der Waals surface area contributed by atoms with Crippen LogP contribution in [0.25, 0.3) is 10.9 Å². The predicted octanol–water partition coefficient (Wildman–Crippen LogP) is 3.60. The molecule has 0 saturated carbocycles. The summed E-state index contributed by atoms with van der Waals surface area (Å²) in [7, 11) is 0. The lowest BCUT2D eigenvalue weighted by Crippen LogP contribution is -2.06. The molecule has 3 aromatic rings. The van der Waals surface area contributed by atoms with Gasteiger partial charge < -0.3 is 10.1 Å². The molecule has 0 radical (unpaired) electrons. The Bertz CT molecular complexity index is 685. The molecule has 2 heteroatoms. The van der Waals surface area contributed by atoms with Crippen molar-refractivity contribution in [1.82, 2.24) is 4.98 Å². The molecule has 0 unspecified atom stereocenters. The molecule has 0 spiro atoms. The highest BCUT2D eigenvalue weighted by Gasteiger charge is 2.19. The number of aliphatic hydroxyl groups excluding tert-OH is 1. The van der Waals surface area contributed by atoms with E-state index in [0.29, 0.717) is 0 Å². The zero-order valence-electron chi connectivity index (χ0n) is 10.9. The van der Waals surface area contributed by atoms with E-state index < -0.39 is 0 Å². The Morgan fingerprint density at radius 3 is 2.42 bits per heavy atom. The maximum atomic E-state index is 9.82. The summed E-state index contributed by atoms with van der Waals surface area (Å²) < 4.78 is 0. The van der Waals surface area contributed by atoms with E-state index in [2.05, 4.69) is 36.2 Å². The van der Waals surface area contributed by atoms with Gasteiger partial charge >= 0.3 is 0 Å². The van der Waals surface area contributed by atoms with Gasteiger partial charge in [0.05, 0.1) is 6.61 Å². The quantitative estimate of drug-likeness (QED) is 0.733. The third kappa shape index (κ3) is 2.04. The van der Waals surface area contributed by atoms with Gasteiger partial charge in [-0.1, -0.05) is 48.5 Å². The van der Waals surface area contributed by atoms with E-state index in [9.17, 15) is 5.11 Å². The second-order valence-corrected chi connectivity index (χ2v) is 4.86. The topological polar surface area (TPSA) is 36.0 Å². The number of H-pyrrole nitrogens is 1. The number of aryl methyl sites for hydroxylation is 1. The average Bonchev–Trinajstić information content (AvgIpc) is 2.78. The minimum Gasteiger partial charge on any atom is -0.395 e. The Morgan fingerprint density at radius 1 is 1.00 bits per heavy atom. The van der Waals surface area contributed by atoms with Crippen LogP contribution in [0.15, 0.2) is 54.6 Å². The van der Waals surface area contributed by atoms with Gasteiger partial charge in [0.2, 0.25) is 0 Å². The van der Waals surface area contributed by atoms with E-state index in [4.69, 9.17) is 0 Å². The molecule has 1 aromatic heterocycles. The summed E-state index contributed by atoms with van der Waals surface area (Å²) in [5.41, 5.74) is 4.61. The van der Waals surface area contributed by atoms with Crippen molar-refractivity contribution in [2.45, 2.75) is 12.8 Å². The molecule has 0 aliphatic carbocycles. The molecule has 2 N–H and O–H groups in total. The second kappa shape index (κ2) is 4.90. The van der Waals surface area contributed by atoms with Gasteiger partial charge in [-0.25, -0.2) is 0 Å². The van der Waals surface area contributed by atoms with Crippen LogP contribution in [0.5, 0.6) is 0 Å². The number of aromatic amines is 1. The number of benzene rings is 2. The van der Waals surface area contributed by atoms with Crippen molar-refractivity contribution >= 4 is 10.9 Å². The first-order chi connectivity index (χ1) is 9.31. The Kier molecular flexibility index (Phi) is 3.10. The standard InChI is InChI=1S/C17H17NO/c1-12-17(14-9-5-6-10-16(14)18-12)15(11-19)13-7-3-2-4-8-13/h2-10,15,18-19H,11H2,1H3/t15-/m1/s1. The van der Waals surface area contributed by atoms with Gasteiger partial charge in [-0.2, -0.15) is 0 Å². The summed E-state index contributed by atoms with van der Waals surface area (Å²) in [5, 5.41) is 11.0. The minimum absolute atomic E-state index is 0.0253. The third-order valence-corrected chi connectivity index (χ3v) is 3.68. The van der Waals surface area contributed by atoms with Gasteiger partial charge in [0.15, 0.2) is 0 Å². The molecule has 3 rings (SSSR count). The van der Waals surface area contributed by atoms with Crippen molar-refractivity contribution < 1.29 is 5.11 Å². The van der Waals surface area contributed by atoms with Crippen LogP contribution in [0.3, 0.4) is 0 Å². The van der Waals surface area contributed by atoms with Crippen LogP contribution < -0.4 is 0 Å².